The van der Waals surface area contributed by atoms with Crippen LogP contribution in [0.1, 0.15) is 70.4 Å². The Morgan fingerprint density at radius 2 is 1.58 bits per heavy atom. The lowest BCUT2D eigenvalue weighted by molar-refractivity contribution is -0.143. The van der Waals surface area contributed by atoms with Gasteiger partial charge in [0.25, 0.3) is 0 Å². The van der Waals surface area contributed by atoms with Gasteiger partial charge in [-0.3, -0.25) is 9.59 Å². The maximum Gasteiger partial charge on any atom is 0.416 e. The van der Waals surface area contributed by atoms with Crippen molar-refractivity contribution in [2.24, 2.45) is 17.8 Å². The summed E-state index contributed by atoms with van der Waals surface area (Å²) < 4.78 is 66.2. The van der Waals surface area contributed by atoms with Gasteiger partial charge in [0.05, 0.1) is 24.3 Å². The fraction of sp³-hybridized carbons (Fsp3) is 0.640. The zero-order chi connectivity index (χ0) is 27.0. The second-order valence-electron chi connectivity index (χ2n) is 10.5. The van der Waals surface area contributed by atoms with E-state index in [4.69, 9.17) is 4.74 Å². The first-order chi connectivity index (χ1) is 16.6. The Hall–Kier alpha value is -2.85. The summed E-state index contributed by atoms with van der Waals surface area (Å²) >= 11 is 0. The van der Waals surface area contributed by atoms with Gasteiger partial charge in [-0.25, -0.2) is 9.18 Å². The highest BCUT2D eigenvalue weighted by atomic mass is 19.4. The van der Waals surface area contributed by atoms with E-state index in [1.54, 1.807) is 20.8 Å². The molecule has 0 aromatic heterocycles. The molecule has 2 aliphatic rings. The number of hydrogen-bond donors (Lipinski definition) is 2. The second-order valence-corrected chi connectivity index (χ2v) is 10.5. The molecular weight excluding hydrogens is 484 g/mol. The van der Waals surface area contributed by atoms with Crippen LogP contribution in [0.3, 0.4) is 0 Å². The zero-order valence-corrected chi connectivity index (χ0v) is 20.9. The molecule has 0 bridgehead atoms. The molecule has 7 nitrogen and oxygen atoms in total. The van der Waals surface area contributed by atoms with Crippen LogP contribution in [0, 0.1) is 23.6 Å². The summed E-state index contributed by atoms with van der Waals surface area (Å²) in [6.45, 7) is 6.15. The van der Waals surface area contributed by atoms with Crippen LogP contribution < -0.4 is 10.6 Å². The number of alkyl halides is 3. The lowest BCUT2D eigenvalue weighted by atomic mass is 9.88. The first kappa shape index (κ1) is 27.7. The van der Waals surface area contributed by atoms with Gasteiger partial charge in [0.1, 0.15) is 17.5 Å². The van der Waals surface area contributed by atoms with Gasteiger partial charge in [0.2, 0.25) is 5.91 Å². The van der Waals surface area contributed by atoms with E-state index in [0.29, 0.717) is 12.1 Å². The molecule has 200 valence electrons. The lowest BCUT2D eigenvalue weighted by Crippen LogP contribution is -2.51. The van der Waals surface area contributed by atoms with Crippen LogP contribution in [-0.4, -0.2) is 36.7 Å². The Morgan fingerprint density at radius 3 is 2.03 bits per heavy atom. The molecule has 0 heterocycles. The van der Waals surface area contributed by atoms with Crippen LogP contribution in [-0.2, 0) is 25.2 Å². The predicted octanol–water partition coefficient (Wildman–Crippen LogP) is 5.39. The second kappa shape index (κ2) is 10.3. The largest absolute Gasteiger partial charge is 0.469 e. The molecule has 0 saturated heterocycles. The van der Waals surface area contributed by atoms with E-state index >= 15 is 0 Å². The summed E-state index contributed by atoms with van der Waals surface area (Å²) in [7, 11) is 1.02. The van der Waals surface area contributed by atoms with Crippen molar-refractivity contribution in [3.05, 3.63) is 29.1 Å². The molecular formula is C25H32F4N2O5. The van der Waals surface area contributed by atoms with Gasteiger partial charge < -0.3 is 20.1 Å². The Kier molecular flexibility index (Phi) is 7.90. The quantitative estimate of drug-likeness (QED) is 0.357. The molecule has 2 atom stereocenters. The number of halogens is 4. The number of hydrogen-bond acceptors (Lipinski definition) is 5. The fourth-order valence-electron chi connectivity index (χ4n) is 4.46. The summed E-state index contributed by atoms with van der Waals surface area (Å²) in [5.41, 5.74) is -3.41. The van der Waals surface area contributed by atoms with Gasteiger partial charge in [-0.1, -0.05) is 0 Å². The molecule has 1 aromatic rings. The highest BCUT2D eigenvalue weighted by Gasteiger charge is 2.49. The molecule has 36 heavy (non-hydrogen) atoms. The normalized spacial score (nSPS) is 17.8. The molecule has 2 N–H and O–H groups in total. The summed E-state index contributed by atoms with van der Waals surface area (Å²) in [5, 5.41) is 4.82. The van der Waals surface area contributed by atoms with Crippen LogP contribution in [0.5, 0.6) is 0 Å². The number of anilines is 1. The van der Waals surface area contributed by atoms with Crippen molar-refractivity contribution in [2.75, 3.05) is 12.4 Å². The van der Waals surface area contributed by atoms with E-state index in [1.165, 1.54) is 6.92 Å². The smallest absolute Gasteiger partial charge is 0.416 e. The van der Waals surface area contributed by atoms with Crippen LogP contribution in [0.15, 0.2) is 12.1 Å². The maximum absolute atomic E-state index is 15.0. The summed E-state index contributed by atoms with van der Waals surface area (Å²) in [5.74, 6) is -4.19. The monoisotopic (exact) mass is 516 g/mol. The Labute approximate surface area is 207 Å². The molecule has 2 fully saturated rings. The minimum atomic E-state index is -4.93. The van der Waals surface area contributed by atoms with Gasteiger partial charge in [0, 0.05) is 0 Å². The van der Waals surface area contributed by atoms with E-state index in [1.807, 2.05) is 0 Å². The topological polar surface area (TPSA) is 93.7 Å². The van der Waals surface area contributed by atoms with Crippen LogP contribution in [0.4, 0.5) is 28.0 Å². The van der Waals surface area contributed by atoms with Crippen LogP contribution in [0.25, 0.3) is 0 Å². The molecule has 2 aliphatic carbocycles. The number of amides is 2. The van der Waals surface area contributed by atoms with E-state index < -0.39 is 64.3 Å². The van der Waals surface area contributed by atoms with Crippen molar-refractivity contribution in [2.45, 2.75) is 77.1 Å². The van der Waals surface area contributed by atoms with Crippen LogP contribution >= 0.6 is 0 Å². The molecule has 1 aromatic carbocycles. The summed E-state index contributed by atoms with van der Waals surface area (Å²) in [6.07, 6.45) is -2.29. The number of carbonyl (C=O) groups excluding carboxylic acids is 3. The lowest BCUT2D eigenvalue weighted by Gasteiger charge is -2.29. The molecule has 2 saturated carbocycles. The molecule has 1 unspecified atom stereocenters. The zero-order valence-electron chi connectivity index (χ0n) is 20.9. The van der Waals surface area contributed by atoms with E-state index in [0.717, 1.165) is 32.8 Å². The predicted molar refractivity (Wildman–Crippen MR) is 123 cm³/mol. The number of esters is 1. The minimum absolute atomic E-state index is 0.182. The highest BCUT2D eigenvalue weighted by molar-refractivity contribution is 5.97. The van der Waals surface area contributed by atoms with Crippen molar-refractivity contribution in [1.82, 2.24) is 5.32 Å². The molecule has 3 rings (SSSR count). The SMILES string of the molecule is COC(=O)C(C)c1cc(F)c(NC(=O)[C@@H](NC(=O)OC(C)(C)C)C(C2CC2)C2CC2)cc1C(F)(F)F. The highest BCUT2D eigenvalue weighted by Crippen LogP contribution is 2.51. The number of alkyl carbamates (subject to hydrolysis) is 1. The number of methoxy groups -OCH3 is 1. The van der Waals surface area contributed by atoms with Crippen molar-refractivity contribution in [3.8, 4) is 0 Å². The minimum Gasteiger partial charge on any atom is -0.469 e. The molecule has 2 amide bonds. The van der Waals surface area contributed by atoms with E-state index in [9.17, 15) is 31.9 Å². The number of carbonyl (C=O) groups is 3. The molecule has 0 radical (unpaired) electrons. The van der Waals surface area contributed by atoms with Crippen molar-refractivity contribution < 1.29 is 41.4 Å². The van der Waals surface area contributed by atoms with E-state index in [-0.39, 0.29) is 17.8 Å². The first-order valence-corrected chi connectivity index (χ1v) is 11.9. The third-order valence-electron chi connectivity index (χ3n) is 6.40. The number of ether oxygens (including phenoxy) is 2. The van der Waals surface area contributed by atoms with Crippen molar-refractivity contribution >= 4 is 23.7 Å². The maximum atomic E-state index is 15.0. The average molecular weight is 517 g/mol. The van der Waals surface area contributed by atoms with Crippen LogP contribution in [0.2, 0.25) is 0 Å². The van der Waals surface area contributed by atoms with Crippen molar-refractivity contribution in [1.29, 1.82) is 0 Å². The van der Waals surface area contributed by atoms with E-state index in [2.05, 4.69) is 15.4 Å². The Morgan fingerprint density at radius 1 is 1.03 bits per heavy atom. The van der Waals surface area contributed by atoms with Gasteiger partial charge in [-0.05, 0) is 88.8 Å². The Bertz CT molecular complexity index is 1000. The summed E-state index contributed by atoms with van der Waals surface area (Å²) in [6, 6.07) is -0.0620. The van der Waals surface area contributed by atoms with Gasteiger partial charge in [0.15, 0.2) is 0 Å². The van der Waals surface area contributed by atoms with Gasteiger partial charge >= 0.3 is 18.2 Å². The molecule has 0 spiro atoms. The fourth-order valence-corrected chi connectivity index (χ4v) is 4.46. The molecule has 11 heteroatoms. The number of rotatable bonds is 8. The standard InChI is InChI=1S/C25H32F4N2O5/c1-12(22(33)35-5)15-10-17(26)18(11-16(15)25(27,28)29)30-21(32)20(31-23(34)36-24(2,3)4)19(13-6-7-13)14-8-9-14/h10-14,19-20H,6-9H2,1-5H3,(H,30,32)(H,31,34)/t12?,20-/m0/s1. The molecule has 0 aliphatic heterocycles. The van der Waals surface area contributed by atoms with Gasteiger partial charge in [-0.15, -0.1) is 0 Å². The van der Waals surface area contributed by atoms with Gasteiger partial charge in [-0.2, -0.15) is 13.2 Å². The Balaban J connectivity index is 1.93. The van der Waals surface area contributed by atoms with Crippen molar-refractivity contribution in [3.63, 3.8) is 0 Å². The number of nitrogens with one attached hydrogen (secondary N) is 2. The average Bonchev–Trinajstić information content (AvgIpc) is 3.66. The summed E-state index contributed by atoms with van der Waals surface area (Å²) in [4.78, 5) is 37.6. The first-order valence-electron chi connectivity index (χ1n) is 11.9. The third kappa shape index (κ3) is 6.88. The number of benzene rings is 1. The third-order valence-corrected chi connectivity index (χ3v) is 6.40.